The van der Waals surface area contributed by atoms with Gasteiger partial charge in [-0.05, 0) is 24.6 Å². The van der Waals surface area contributed by atoms with E-state index < -0.39 is 10.7 Å². The molecule has 0 spiro atoms. The number of hydrogen-bond donors (Lipinski definition) is 1. The lowest BCUT2D eigenvalue weighted by molar-refractivity contribution is -0.385. The number of nitro groups is 1. The topological polar surface area (TPSA) is 68.3 Å². The van der Waals surface area contributed by atoms with Crippen LogP contribution in [-0.4, -0.2) is 4.92 Å². The summed E-state index contributed by atoms with van der Waals surface area (Å²) in [6.07, 6.45) is 1.56. The van der Waals surface area contributed by atoms with Gasteiger partial charge in [0.2, 0.25) is 0 Å². The Kier molecular flexibility index (Phi) is 3.27. The van der Waals surface area contributed by atoms with E-state index in [0.717, 1.165) is 11.6 Å². The zero-order valence-electron chi connectivity index (χ0n) is 9.64. The van der Waals surface area contributed by atoms with E-state index in [1.54, 1.807) is 6.26 Å². The predicted octanol–water partition coefficient (Wildman–Crippen LogP) is 3.25. The molecule has 94 valence electrons. The fraction of sp³-hybridized carbons (Fsp3) is 0.167. The van der Waals surface area contributed by atoms with Gasteiger partial charge >= 0.3 is 0 Å². The van der Waals surface area contributed by atoms with Crippen LogP contribution in [0.15, 0.2) is 34.9 Å². The Morgan fingerprint density at radius 1 is 1.44 bits per heavy atom. The first-order valence-corrected chi connectivity index (χ1v) is 5.28. The molecule has 1 aromatic carbocycles. The molecule has 6 heteroatoms. The Morgan fingerprint density at radius 3 is 2.83 bits per heavy atom. The Balaban J connectivity index is 2.14. The molecule has 0 radical (unpaired) electrons. The molecule has 0 aliphatic heterocycles. The minimum absolute atomic E-state index is 0.284. The van der Waals surface area contributed by atoms with Crippen LogP contribution in [0, 0.1) is 22.9 Å². The van der Waals surface area contributed by atoms with E-state index in [-0.39, 0.29) is 5.69 Å². The summed E-state index contributed by atoms with van der Waals surface area (Å²) in [5.41, 5.74) is 1.03. The van der Waals surface area contributed by atoms with E-state index in [4.69, 9.17) is 4.42 Å². The van der Waals surface area contributed by atoms with Crippen molar-refractivity contribution in [3.63, 3.8) is 0 Å². The van der Waals surface area contributed by atoms with Crippen molar-refractivity contribution in [2.24, 2.45) is 0 Å². The first kappa shape index (κ1) is 12.1. The van der Waals surface area contributed by atoms with Gasteiger partial charge in [0.25, 0.3) is 5.69 Å². The summed E-state index contributed by atoms with van der Waals surface area (Å²) >= 11 is 0. The SMILES string of the molecule is Cc1ccoc1CNc1cc(F)cc([N+](=O)[O-])c1. The molecule has 0 unspecified atom stereocenters. The van der Waals surface area contributed by atoms with Crippen LogP contribution in [0.3, 0.4) is 0 Å². The van der Waals surface area contributed by atoms with Crippen LogP contribution >= 0.6 is 0 Å². The third kappa shape index (κ3) is 2.65. The summed E-state index contributed by atoms with van der Waals surface area (Å²) in [4.78, 5) is 9.95. The lowest BCUT2D eigenvalue weighted by Crippen LogP contribution is -2.01. The van der Waals surface area contributed by atoms with E-state index in [9.17, 15) is 14.5 Å². The first-order valence-electron chi connectivity index (χ1n) is 5.28. The summed E-state index contributed by atoms with van der Waals surface area (Å²) in [5.74, 6) is 0.0600. The fourth-order valence-electron chi connectivity index (χ4n) is 1.55. The van der Waals surface area contributed by atoms with Gasteiger partial charge in [-0.3, -0.25) is 10.1 Å². The molecule has 0 saturated heterocycles. The molecule has 1 heterocycles. The minimum atomic E-state index is -0.650. The van der Waals surface area contributed by atoms with Gasteiger partial charge < -0.3 is 9.73 Å². The minimum Gasteiger partial charge on any atom is -0.467 e. The highest BCUT2D eigenvalue weighted by Gasteiger charge is 2.10. The van der Waals surface area contributed by atoms with E-state index in [1.165, 1.54) is 12.1 Å². The molecule has 1 N–H and O–H groups in total. The second kappa shape index (κ2) is 4.87. The maximum absolute atomic E-state index is 13.2. The standard InChI is InChI=1S/C12H11FN2O3/c1-8-2-3-18-12(8)7-14-10-4-9(13)5-11(6-10)15(16)17/h2-6,14H,7H2,1H3. The zero-order valence-corrected chi connectivity index (χ0v) is 9.64. The van der Waals surface area contributed by atoms with Crippen LogP contribution in [0.2, 0.25) is 0 Å². The van der Waals surface area contributed by atoms with Crippen LogP contribution < -0.4 is 5.32 Å². The van der Waals surface area contributed by atoms with Crippen LogP contribution in [0.25, 0.3) is 0 Å². The van der Waals surface area contributed by atoms with Crippen molar-refractivity contribution in [2.45, 2.75) is 13.5 Å². The molecule has 18 heavy (non-hydrogen) atoms. The average Bonchev–Trinajstić information content (AvgIpc) is 2.71. The Bertz CT molecular complexity index is 580. The lowest BCUT2D eigenvalue weighted by atomic mass is 10.2. The van der Waals surface area contributed by atoms with Gasteiger partial charge in [0, 0.05) is 11.8 Å². The molecule has 2 aromatic rings. The number of halogens is 1. The van der Waals surface area contributed by atoms with Crippen LogP contribution in [0.1, 0.15) is 11.3 Å². The molecular formula is C12H11FN2O3. The molecule has 0 amide bonds. The Labute approximate surface area is 102 Å². The van der Waals surface area contributed by atoms with Gasteiger partial charge in [-0.15, -0.1) is 0 Å². The second-order valence-corrected chi connectivity index (χ2v) is 3.84. The summed E-state index contributed by atoms with van der Waals surface area (Å²) in [5, 5.41) is 13.5. The van der Waals surface area contributed by atoms with Gasteiger partial charge in [-0.2, -0.15) is 0 Å². The monoisotopic (exact) mass is 250 g/mol. The maximum Gasteiger partial charge on any atom is 0.274 e. The number of anilines is 1. The van der Waals surface area contributed by atoms with Crippen molar-refractivity contribution in [1.29, 1.82) is 0 Å². The molecule has 0 atom stereocenters. The summed E-state index contributed by atoms with van der Waals surface area (Å²) < 4.78 is 18.4. The third-order valence-corrected chi connectivity index (χ3v) is 2.51. The van der Waals surface area contributed by atoms with Gasteiger partial charge in [0.1, 0.15) is 11.6 Å². The van der Waals surface area contributed by atoms with Crippen LogP contribution in [0.5, 0.6) is 0 Å². The number of hydrogen-bond acceptors (Lipinski definition) is 4. The molecular weight excluding hydrogens is 239 g/mol. The number of nitrogens with one attached hydrogen (secondary N) is 1. The van der Waals surface area contributed by atoms with Crippen molar-refractivity contribution >= 4 is 11.4 Å². The van der Waals surface area contributed by atoms with Gasteiger partial charge in [0.15, 0.2) is 0 Å². The van der Waals surface area contributed by atoms with Gasteiger partial charge in [0.05, 0.1) is 23.8 Å². The summed E-state index contributed by atoms with van der Waals surface area (Å²) in [6.45, 7) is 2.23. The number of nitrogens with zero attached hydrogens (tertiary/aromatic N) is 1. The van der Waals surface area contributed by atoms with Crippen LogP contribution in [-0.2, 0) is 6.54 Å². The lowest BCUT2D eigenvalue weighted by Gasteiger charge is -2.05. The number of non-ortho nitro benzene ring substituents is 1. The average molecular weight is 250 g/mol. The van der Waals surface area contributed by atoms with Gasteiger partial charge in [-0.25, -0.2) is 4.39 Å². The van der Waals surface area contributed by atoms with E-state index in [0.29, 0.717) is 18.0 Å². The van der Waals surface area contributed by atoms with Crippen molar-refractivity contribution in [2.75, 3.05) is 5.32 Å². The molecule has 1 aromatic heterocycles. The molecule has 0 aliphatic carbocycles. The molecule has 5 nitrogen and oxygen atoms in total. The maximum atomic E-state index is 13.2. The number of rotatable bonds is 4. The van der Waals surface area contributed by atoms with Crippen molar-refractivity contribution < 1.29 is 13.7 Å². The molecule has 0 aliphatic rings. The van der Waals surface area contributed by atoms with E-state index >= 15 is 0 Å². The Hall–Kier alpha value is -2.37. The predicted molar refractivity (Wildman–Crippen MR) is 63.8 cm³/mol. The Morgan fingerprint density at radius 2 is 2.22 bits per heavy atom. The van der Waals surface area contributed by atoms with E-state index in [1.807, 2.05) is 13.0 Å². The smallest absolute Gasteiger partial charge is 0.274 e. The van der Waals surface area contributed by atoms with Crippen molar-refractivity contribution in [3.8, 4) is 0 Å². The number of furan rings is 1. The largest absolute Gasteiger partial charge is 0.467 e. The zero-order chi connectivity index (χ0) is 13.1. The van der Waals surface area contributed by atoms with Crippen LogP contribution in [0.4, 0.5) is 15.8 Å². The molecule has 2 rings (SSSR count). The van der Waals surface area contributed by atoms with E-state index in [2.05, 4.69) is 5.32 Å². The normalized spacial score (nSPS) is 10.3. The summed E-state index contributed by atoms with van der Waals surface area (Å²) in [7, 11) is 0. The van der Waals surface area contributed by atoms with Crippen molar-refractivity contribution in [3.05, 3.63) is 57.8 Å². The second-order valence-electron chi connectivity index (χ2n) is 3.84. The number of aryl methyl sites for hydroxylation is 1. The number of nitro benzene ring substituents is 1. The molecule has 0 saturated carbocycles. The highest BCUT2D eigenvalue weighted by atomic mass is 19.1. The van der Waals surface area contributed by atoms with Crippen molar-refractivity contribution in [1.82, 2.24) is 0 Å². The fourth-order valence-corrected chi connectivity index (χ4v) is 1.55. The number of benzene rings is 1. The van der Waals surface area contributed by atoms with Gasteiger partial charge in [-0.1, -0.05) is 0 Å². The summed E-state index contributed by atoms with van der Waals surface area (Å²) in [6, 6.07) is 5.17. The highest BCUT2D eigenvalue weighted by Crippen LogP contribution is 2.21. The molecule has 0 bridgehead atoms. The highest BCUT2D eigenvalue weighted by molar-refractivity contribution is 5.51. The molecule has 0 fully saturated rings. The first-order chi connectivity index (χ1) is 8.56. The third-order valence-electron chi connectivity index (χ3n) is 2.51. The quantitative estimate of drug-likeness (QED) is 0.668.